The van der Waals surface area contributed by atoms with Crippen molar-refractivity contribution in [3.63, 3.8) is 0 Å². The summed E-state index contributed by atoms with van der Waals surface area (Å²) < 4.78 is -1.26. The topological polar surface area (TPSA) is 355 Å². The van der Waals surface area contributed by atoms with E-state index in [4.69, 9.17) is 17.2 Å². The third kappa shape index (κ3) is 18.5. The van der Waals surface area contributed by atoms with Gasteiger partial charge in [-0.05, 0) is 94.3 Å². The van der Waals surface area contributed by atoms with E-state index >= 15 is 0 Å². The highest BCUT2D eigenvalue weighted by Crippen LogP contribution is 2.25. The third-order valence-electron chi connectivity index (χ3n) is 13.0. The zero-order valence-corrected chi connectivity index (χ0v) is 46.1. The fourth-order valence-electron chi connectivity index (χ4n) is 8.86. The minimum Gasteiger partial charge on any atom is -0.508 e. The molecule has 1 aromatic heterocycles. The van der Waals surface area contributed by atoms with Crippen molar-refractivity contribution in [3.05, 3.63) is 102 Å². The molecule has 1 heterocycles. The van der Waals surface area contributed by atoms with Gasteiger partial charge in [0.15, 0.2) is 0 Å². The van der Waals surface area contributed by atoms with Crippen molar-refractivity contribution in [1.29, 1.82) is 0 Å². The molecule has 8 atom stereocenters. The number of nitrogens with two attached hydrogens (primary N) is 3. The van der Waals surface area contributed by atoms with Crippen LogP contribution in [0.2, 0.25) is 0 Å². The van der Waals surface area contributed by atoms with Crippen molar-refractivity contribution in [1.82, 2.24) is 42.2 Å². The quantitative estimate of drug-likeness (QED) is 0.0312. The van der Waals surface area contributed by atoms with Crippen LogP contribution in [0.15, 0.2) is 85.1 Å². The number of aromatic amines is 1. The van der Waals surface area contributed by atoms with Crippen LogP contribution in [-0.2, 0) is 57.6 Å². The summed E-state index contributed by atoms with van der Waals surface area (Å²) in [5, 5.41) is 40.0. The van der Waals surface area contributed by atoms with Gasteiger partial charge < -0.3 is 69.6 Å². The zero-order valence-electron chi connectivity index (χ0n) is 44.3. The number of phenolic OH excluding ortho intramolecular Hbond substituents is 1. The zero-order chi connectivity index (χ0) is 57.0. The van der Waals surface area contributed by atoms with Crippen LogP contribution in [0.1, 0.15) is 89.8 Å². The molecular formula is C54H77N11O10S2. The molecule has 0 aliphatic carbocycles. The van der Waals surface area contributed by atoms with Gasteiger partial charge in [0.1, 0.15) is 47.5 Å². The number of aromatic hydroxyl groups is 1. The number of hydrogen-bond acceptors (Lipinski definition) is 14. The van der Waals surface area contributed by atoms with E-state index in [-0.39, 0.29) is 63.0 Å². The maximum absolute atomic E-state index is 14.9. The Morgan fingerprint density at radius 1 is 0.675 bits per heavy atom. The molecule has 0 aliphatic heterocycles. The molecule has 0 aliphatic rings. The van der Waals surface area contributed by atoms with E-state index in [0.29, 0.717) is 24.0 Å². The number of amides is 8. The number of phenols is 1. The van der Waals surface area contributed by atoms with Crippen LogP contribution in [0.3, 0.4) is 0 Å². The Morgan fingerprint density at radius 2 is 1.22 bits per heavy atom. The number of H-pyrrole nitrogens is 1. The minimum atomic E-state index is -1.66. The minimum absolute atomic E-state index is 0.00823. The molecule has 420 valence electrons. The second-order valence-corrected chi connectivity index (χ2v) is 21.4. The van der Waals surface area contributed by atoms with Crippen molar-refractivity contribution in [2.75, 3.05) is 12.3 Å². The fourth-order valence-corrected chi connectivity index (χ4v) is 9.30. The average Bonchev–Trinajstić information content (AvgIpc) is 3.79. The fraction of sp³-hybridized carbons (Fsp3) is 0.481. The number of aliphatic hydroxyl groups excluding tert-OH is 1. The second-order valence-electron chi connectivity index (χ2n) is 19.8. The van der Waals surface area contributed by atoms with E-state index in [0.717, 1.165) is 16.5 Å². The monoisotopic (exact) mass is 1100 g/mol. The number of benzene rings is 3. The summed E-state index contributed by atoms with van der Waals surface area (Å²) in [6.45, 7) is 8.10. The van der Waals surface area contributed by atoms with Gasteiger partial charge in [0.05, 0.1) is 12.1 Å². The number of primary amides is 1. The highest BCUT2D eigenvalue weighted by Gasteiger charge is 2.45. The Balaban J connectivity index is 1.69. The van der Waals surface area contributed by atoms with Crippen LogP contribution >= 0.6 is 25.3 Å². The van der Waals surface area contributed by atoms with E-state index in [1.54, 1.807) is 46.0 Å². The number of carbonyl (C=O) groups excluding carboxylic acids is 8. The second kappa shape index (κ2) is 29.7. The Labute approximate surface area is 460 Å². The van der Waals surface area contributed by atoms with Crippen LogP contribution in [0, 0.1) is 0 Å². The van der Waals surface area contributed by atoms with Gasteiger partial charge in [0.2, 0.25) is 47.3 Å². The van der Waals surface area contributed by atoms with Crippen LogP contribution in [-0.4, -0.2) is 133 Å². The van der Waals surface area contributed by atoms with Crippen LogP contribution in [0.25, 0.3) is 10.9 Å². The van der Waals surface area contributed by atoms with Crippen LogP contribution < -0.4 is 54.4 Å². The SMILES string of the molecule is CCCC(CCC)(NC(=O)[C@H](CCCN)NC(=O)[C@@H](Cc1c[nH]c2ccccc12)NC(=O)[C@H](Cc1ccc(O)cc1)NC(=O)[C@H](CS)NC(=O)[C@H](N)Cc1ccccc1)C(=O)N[C@H](C(=O)N[C@H](C(N)=O)[C@@H](C)O)C(C)(C)S. The van der Waals surface area contributed by atoms with Crippen LogP contribution in [0.4, 0.5) is 0 Å². The highest BCUT2D eigenvalue weighted by atomic mass is 32.1. The molecule has 4 aromatic rings. The van der Waals surface area contributed by atoms with Gasteiger partial charge in [-0.15, -0.1) is 0 Å². The van der Waals surface area contributed by atoms with Gasteiger partial charge in [0, 0.05) is 40.4 Å². The summed E-state index contributed by atoms with van der Waals surface area (Å²) in [6.07, 6.45) is 1.40. The molecule has 0 unspecified atom stereocenters. The lowest BCUT2D eigenvalue weighted by molar-refractivity contribution is -0.139. The number of fused-ring (bicyclic) bond motifs is 1. The van der Waals surface area contributed by atoms with Crippen molar-refractivity contribution in [2.24, 2.45) is 17.2 Å². The maximum Gasteiger partial charge on any atom is 0.246 e. The number of rotatable bonds is 31. The van der Waals surface area contributed by atoms with Gasteiger partial charge in [-0.25, -0.2) is 0 Å². The first-order valence-corrected chi connectivity index (χ1v) is 26.8. The predicted octanol–water partition coefficient (Wildman–Crippen LogP) is 0.836. The molecule has 0 spiro atoms. The lowest BCUT2D eigenvalue weighted by Gasteiger charge is -2.38. The average molecular weight is 1100 g/mol. The first-order chi connectivity index (χ1) is 36.5. The van der Waals surface area contributed by atoms with E-state index < -0.39 is 106 Å². The maximum atomic E-state index is 14.9. The van der Waals surface area contributed by atoms with Gasteiger partial charge in [-0.3, -0.25) is 38.4 Å². The smallest absolute Gasteiger partial charge is 0.246 e. The molecular weight excluding hydrogens is 1030 g/mol. The van der Waals surface area contributed by atoms with Crippen molar-refractivity contribution >= 4 is 83.4 Å². The summed E-state index contributed by atoms with van der Waals surface area (Å²) >= 11 is 8.91. The lowest BCUT2D eigenvalue weighted by atomic mass is 9.86. The number of nitrogens with one attached hydrogen (secondary N) is 8. The normalized spacial score (nSPS) is 14.8. The number of thiol groups is 2. The first kappa shape index (κ1) is 62.9. The van der Waals surface area contributed by atoms with Crippen LogP contribution in [0.5, 0.6) is 5.75 Å². The Morgan fingerprint density at radius 3 is 1.78 bits per heavy atom. The molecule has 4 rings (SSSR count). The highest BCUT2D eigenvalue weighted by molar-refractivity contribution is 7.81. The summed E-state index contributed by atoms with van der Waals surface area (Å²) in [5.74, 6) is -6.65. The number of aromatic nitrogens is 1. The summed E-state index contributed by atoms with van der Waals surface area (Å²) in [7, 11) is 0. The molecule has 0 radical (unpaired) electrons. The summed E-state index contributed by atoms with van der Waals surface area (Å²) in [6, 6.07) is 13.0. The van der Waals surface area contributed by atoms with Gasteiger partial charge in [0.25, 0.3) is 0 Å². The Kier molecular flexibility index (Phi) is 24.3. The van der Waals surface area contributed by atoms with E-state index in [2.05, 4.69) is 67.5 Å². The lowest BCUT2D eigenvalue weighted by Crippen LogP contribution is -2.67. The van der Waals surface area contributed by atoms with E-state index in [1.807, 2.05) is 54.6 Å². The molecule has 77 heavy (non-hydrogen) atoms. The number of aliphatic hydroxyl groups is 1. The van der Waals surface area contributed by atoms with Crippen molar-refractivity contribution < 1.29 is 48.6 Å². The largest absolute Gasteiger partial charge is 0.508 e. The van der Waals surface area contributed by atoms with E-state index in [1.165, 1.54) is 19.1 Å². The van der Waals surface area contributed by atoms with Crippen molar-refractivity contribution in [3.8, 4) is 5.75 Å². The van der Waals surface area contributed by atoms with Crippen molar-refractivity contribution in [2.45, 2.75) is 151 Å². The third-order valence-corrected chi connectivity index (χ3v) is 13.6. The number of para-hydroxylation sites is 1. The molecule has 0 saturated heterocycles. The predicted molar refractivity (Wildman–Crippen MR) is 300 cm³/mol. The first-order valence-electron chi connectivity index (χ1n) is 25.7. The molecule has 0 bridgehead atoms. The number of carbonyl (C=O) groups is 8. The molecule has 8 amide bonds. The summed E-state index contributed by atoms with van der Waals surface area (Å²) in [4.78, 5) is 115. The molecule has 23 heteroatoms. The molecule has 16 N–H and O–H groups in total. The Bertz CT molecular complexity index is 2620. The molecule has 21 nitrogen and oxygen atoms in total. The van der Waals surface area contributed by atoms with Gasteiger partial charge in [-0.2, -0.15) is 25.3 Å². The van der Waals surface area contributed by atoms with Gasteiger partial charge >= 0.3 is 0 Å². The summed E-state index contributed by atoms with van der Waals surface area (Å²) in [5.41, 5.74) is 18.6. The standard InChI is InChI=1S/C54H77N11O10S2/c1-6-23-54(24-7-2,52(75)64-44(53(4,5)77)51(74)63-43(31(3)66)45(57)68)65-50(73)39(18-13-25-55)59-48(71)41(28-34-29-58-38-17-12-11-16-36(34)38)61-47(70)40(27-33-19-21-35(67)22-20-33)60-49(72)42(30-76)62-46(69)37(56)26-32-14-9-8-10-15-32/h8-12,14-17,19-22,29,31,37,39-44,58,66-67,76-77H,6-7,13,18,23-28,30,55-56H2,1-5H3,(H2,57,68)(H,59,71)(H,60,72)(H,61,70)(H,62,69)(H,63,74)(H,64,75)(H,65,73)/t31-,37-,39+,40+,41-,42+,43+,44-/m1/s1. The van der Waals surface area contributed by atoms with E-state index in [9.17, 15) is 48.6 Å². The Hall–Kier alpha value is -6.66. The molecule has 0 saturated carbocycles. The molecule has 3 aromatic carbocycles. The number of hydrogen-bond donors (Lipinski definition) is 15. The van der Waals surface area contributed by atoms with Gasteiger partial charge in [-0.1, -0.05) is 87.4 Å². The molecule has 0 fully saturated rings.